The summed E-state index contributed by atoms with van der Waals surface area (Å²) >= 11 is 0.671. The lowest BCUT2D eigenvalue weighted by atomic mass is 9.79. The van der Waals surface area contributed by atoms with Crippen LogP contribution in [0.15, 0.2) is 140 Å². The van der Waals surface area contributed by atoms with Crippen LogP contribution in [-0.2, 0) is 74.3 Å². The third kappa shape index (κ3) is 13.1. The Morgan fingerprint density at radius 1 is 0.733 bits per heavy atom. The van der Waals surface area contributed by atoms with Crippen LogP contribution < -0.4 is 15.4 Å². The maximum atomic E-state index is 13.7. The van der Waals surface area contributed by atoms with Gasteiger partial charge in [0.25, 0.3) is 56.4 Å². The minimum absolute atomic E-state index is 0.0222. The highest BCUT2D eigenvalue weighted by Gasteiger charge is 2.46. The van der Waals surface area contributed by atoms with Crippen molar-refractivity contribution in [2.45, 2.75) is 96.7 Å². The van der Waals surface area contributed by atoms with Gasteiger partial charge in [-0.3, -0.25) is 37.8 Å². The fourth-order valence-electron chi connectivity index (χ4n) is 10.8. The number of hydrogen-bond acceptors (Lipinski definition) is 18. The average Bonchev–Trinajstić information content (AvgIpc) is 1.53. The van der Waals surface area contributed by atoms with Gasteiger partial charge in [0, 0.05) is 76.4 Å². The molecule has 0 atom stereocenters. The fraction of sp³-hybridized carbons (Fsp3) is 0.268. The van der Waals surface area contributed by atoms with E-state index in [0.717, 1.165) is 41.3 Å². The first kappa shape index (κ1) is 63.2. The molecule has 2 aliphatic heterocycles. The number of allylic oxidation sites excluding steroid dienone is 6. The van der Waals surface area contributed by atoms with Gasteiger partial charge in [0.05, 0.1) is 50.9 Å². The molecule has 0 saturated heterocycles. The first-order valence-corrected chi connectivity index (χ1v) is 34.5. The molecule has 0 spiro atoms. The van der Waals surface area contributed by atoms with E-state index in [0.29, 0.717) is 63.2 Å². The van der Waals surface area contributed by atoms with Crippen molar-refractivity contribution in [3.05, 3.63) is 160 Å². The second kappa shape index (κ2) is 23.4. The number of nitrogens with one attached hydrogen (secondary N) is 1. The lowest BCUT2D eigenvalue weighted by Crippen LogP contribution is -2.28. The number of amides is 1. The molecule has 452 valence electrons. The maximum Gasteiger partial charge on any atom is 0.295 e. The van der Waals surface area contributed by atoms with E-state index in [1.165, 1.54) is 54.9 Å². The SMILES string of the molecule is CCCC[N+]1=C(/C=C/C(=C/C=C2/N(CCCS(=O)(=O)O)c3ccc4c(S(=O)(=O)O)cc(S(=O)(=O)O)cc4c3C2(C)C)c2ccc(C(=O)NCc3ccc(C(=O)Cc4nnc(S(N)(=O)=O)s4)cn3)cn2)C(C)(C)c2c1ccc1ccc(S(=O)(=O)O)cc21. The Kier molecular flexibility index (Phi) is 17.2. The minimum Gasteiger partial charge on any atom is -0.346 e. The minimum atomic E-state index is -5.10. The van der Waals surface area contributed by atoms with Gasteiger partial charge >= 0.3 is 0 Å². The number of anilines is 1. The number of nitrogens with two attached hydrogens (primary N) is 1. The summed E-state index contributed by atoms with van der Waals surface area (Å²) in [5.41, 5.74) is 3.03. The summed E-state index contributed by atoms with van der Waals surface area (Å²) in [4.78, 5) is 35.5. The number of aromatic nitrogens is 4. The van der Waals surface area contributed by atoms with E-state index in [2.05, 4.69) is 25.1 Å². The summed E-state index contributed by atoms with van der Waals surface area (Å²) in [6, 6.07) is 19.0. The van der Waals surface area contributed by atoms with Crippen LogP contribution in [0, 0.1) is 0 Å². The number of rotatable bonds is 21. The normalized spacial score (nSPS) is 16.0. The monoisotopic (exact) mass is 1290 g/mol. The molecular formula is C56H57N8O16S6+. The Morgan fingerprint density at radius 2 is 1.42 bits per heavy atom. The van der Waals surface area contributed by atoms with Crippen molar-refractivity contribution in [2.75, 3.05) is 23.7 Å². The second-order valence-electron chi connectivity index (χ2n) is 21.4. The summed E-state index contributed by atoms with van der Waals surface area (Å²) in [6.45, 7) is 9.95. The maximum absolute atomic E-state index is 13.7. The molecule has 0 fully saturated rings. The quantitative estimate of drug-likeness (QED) is 0.0180. The van der Waals surface area contributed by atoms with Crippen LogP contribution in [0.25, 0.3) is 27.1 Å². The molecule has 7 aromatic rings. The molecule has 0 bridgehead atoms. The number of hydrogen-bond donors (Lipinski definition) is 6. The van der Waals surface area contributed by atoms with Crippen molar-refractivity contribution in [3.8, 4) is 0 Å². The molecule has 0 unspecified atom stereocenters. The number of pyridine rings is 2. The number of fused-ring (bicyclic) bond motifs is 6. The van der Waals surface area contributed by atoms with Crippen molar-refractivity contribution in [1.29, 1.82) is 0 Å². The highest BCUT2D eigenvalue weighted by molar-refractivity contribution is 7.91. The van der Waals surface area contributed by atoms with E-state index in [1.54, 1.807) is 49.1 Å². The number of benzene rings is 4. The van der Waals surface area contributed by atoms with Crippen LogP contribution in [-0.4, -0.2) is 121 Å². The number of sulfonamides is 1. The van der Waals surface area contributed by atoms with Crippen molar-refractivity contribution in [1.82, 2.24) is 25.5 Å². The number of Topliss-reactive ketones (excluding diaryl/α,β-unsaturated/α-hetero) is 1. The number of ketones is 1. The molecule has 30 heteroatoms. The summed E-state index contributed by atoms with van der Waals surface area (Å²) in [5.74, 6) is -1.61. The van der Waals surface area contributed by atoms with E-state index in [-0.39, 0.29) is 57.7 Å². The fourth-order valence-corrected chi connectivity index (χ4v) is 14.6. The van der Waals surface area contributed by atoms with Crippen LogP contribution in [0.2, 0.25) is 0 Å². The predicted molar refractivity (Wildman–Crippen MR) is 321 cm³/mol. The van der Waals surface area contributed by atoms with E-state index >= 15 is 0 Å². The molecule has 9 rings (SSSR count). The van der Waals surface area contributed by atoms with Crippen LogP contribution in [0.4, 0.5) is 11.4 Å². The molecule has 0 aliphatic carbocycles. The third-order valence-corrected chi connectivity index (χ3v) is 20.5. The van der Waals surface area contributed by atoms with Gasteiger partial charge in [-0.2, -0.15) is 38.2 Å². The molecule has 7 N–H and O–H groups in total. The molecule has 5 heterocycles. The zero-order valence-corrected chi connectivity index (χ0v) is 51.4. The number of nitrogens with zero attached hydrogens (tertiary/aromatic N) is 6. The van der Waals surface area contributed by atoms with E-state index in [9.17, 15) is 69.9 Å². The Labute approximate surface area is 500 Å². The van der Waals surface area contributed by atoms with Crippen molar-refractivity contribution in [2.24, 2.45) is 5.14 Å². The lowest BCUT2D eigenvalue weighted by molar-refractivity contribution is -0.438. The predicted octanol–water partition coefficient (Wildman–Crippen LogP) is 7.15. The molecule has 2 aliphatic rings. The van der Waals surface area contributed by atoms with Crippen LogP contribution in [0.3, 0.4) is 0 Å². The Balaban J connectivity index is 1.12. The number of unbranched alkanes of at least 4 members (excludes halogenated alkanes) is 1. The summed E-state index contributed by atoms with van der Waals surface area (Å²) in [7, 11) is -23.3. The largest absolute Gasteiger partial charge is 0.346 e. The topological polar surface area (TPSA) is 382 Å². The Morgan fingerprint density at radius 3 is 2.03 bits per heavy atom. The lowest BCUT2D eigenvalue weighted by Gasteiger charge is -2.27. The Hall–Kier alpha value is -7.36. The van der Waals surface area contributed by atoms with E-state index in [4.69, 9.17) is 10.1 Å². The summed E-state index contributed by atoms with van der Waals surface area (Å²) in [6.07, 6.45) is 11.0. The standard InChI is InChI=1S/C56H56N8O16S6/c1-6-7-23-63-44-19-12-33-10-16-38(84(72,73)74)26-41(33)51(44)55(2,3)48(63)21-13-34(43-18-11-36(31-59-43)53(66)60-32-37-15-9-35(30-58-37)46(65)29-50-61-62-54(81-50)83(57,70)71)14-22-49-56(4,5)52-42-27-39(85(75,76)77)28-47(86(78,79)80)40(42)17-20-45(52)64(49)24-8-25-82(67,68)69/h9-22,26-28,30-31H,6-8,23-25,29,32H2,1-5H3,(H6-,57,60,66,67,68,69,70,71,72,73,74,75,76,77,78,79,80)/p+1. The molecule has 3 aromatic heterocycles. The highest BCUT2D eigenvalue weighted by atomic mass is 32.3. The van der Waals surface area contributed by atoms with Gasteiger partial charge in [0.1, 0.15) is 16.4 Å². The molecular weight excluding hydrogens is 1230 g/mol. The summed E-state index contributed by atoms with van der Waals surface area (Å²) < 4.78 is 165. The van der Waals surface area contributed by atoms with Crippen molar-refractivity contribution < 1.29 is 74.5 Å². The van der Waals surface area contributed by atoms with Crippen LogP contribution in [0.1, 0.15) is 102 Å². The number of primary sulfonamides is 1. The van der Waals surface area contributed by atoms with Gasteiger partial charge in [-0.25, -0.2) is 13.6 Å². The first-order chi connectivity index (χ1) is 40.1. The second-order valence-corrected chi connectivity index (χ2v) is 30.0. The average molecular weight is 1290 g/mol. The zero-order chi connectivity index (χ0) is 62.7. The molecule has 0 saturated carbocycles. The van der Waals surface area contributed by atoms with Gasteiger partial charge in [-0.05, 0) is 115 Å². The van der Waals surface area contributed by atoms with Gasteiger partial charge in [0.15, 0.2) is 11.5 Å². The van der Waals surface area contributed by atoms with Crippen LogP contribution in [0.5, 0.6) is 0 Å². The van der Waals surface area contributed by atoms with Gasteiger partial charge in [0.2, 0.25) is 10.0 Å². The Bertz CT molecular complexity index is 4700. The van der Waals surface area contributed by atoms with Crippen molar-refractivity contribution in [3.63, 3.8) is 0 Å². The van der Waals surface area contributed by atoms with E-state index < -0.39 is 92.9 Å². The van der Waals surface area contributed by atoms with Crippen LogP contribution >= 0.6 is 11.3 Å². The molecule has 1 amide bonds. The first-order valence-electron chi connectivity index (χ1n) is 26.2. The third-order valence-electron chi connectivity index (χ3n) is 14.8. The van der Waals surface area contributed by atoms with Gasteiger partial charge < -0.3 is 10.2 Å². The molecule has 4 aromatic carbocycles. The van der Waals surface area contributed by atoms with Gasteiger partial charge in [-0.15, -0.1) is 10.2 Å². The van der Waals surface area contributed by atoms with Crippen molar-refractivity contribution >= 4 is 118 Å². The molecule has 0 radical (unpaired) electrons. The highest BCUT2D eigenvalue weighted by Crippen LogP contribution is 2.52. The van der Waals surface area contributed by atoms with Gasteiger partial charge in [-0.1, -0.05) is 56.7 Å². The number of carbonyl (C=O) groups is 2. The number of carbonyl (C=O) groups excluding carboxylic acids is 2. The summed E-state index contributed by atoms with van der Waals surface area (Å²) in [5, 5.41) is 16.5. The van der Waals surface area contributed by atoms with E-state index in [1.807, 2.05) is 39.0 Å². The molecule has 24 nitrogen and oxygen atoms in total. The smallest absolute Gasteiger partial charge is 0.295 e. The molecule has 86 heavy (non-hydrogen) atoms. The zero-order valence-electron chi connectivity index (χ0n) is 46.5.